The summed E-state index contributed by atoms with van der Waals surface area (Å²) in [7, 11) is 2.17. The van der Waals surface area contributed by atoms with Crippen LogP contribution in [0.25, 0.3) is 0 Å². The number of benzene rings is 1. The fraction of sp³-hybridized carbons (Fsp3) is 0.429. The largest absolute Gasteiger partial charge is 0.305 e. The summed E-state index contributed by atoms with van der Waals surface area (Å²) in [6.07, 6.45) is 2.51. The molecule has 0 N–H and O–H groups in total. The second-order valence-electron chi connectivity index (χ2n) is 4.38. The summed E-state index contributed by atoms with van der Waals surface area (Å²) in [5, 5.41) is 0. The molecule has 0 spiro atoms. The molecule has 1 heterocycles. The number of rotatable bonds is 0. The van der Waals surface area contributed by atoms with Gasteiger partial charge in [-0.05, 0) is 44.6 Å². The van der Waals surface area contributed by atoms with Gasteiger partial charge in [0.25, 0.3) is 0 Å². The molecule has 0 aliphatic carbocycles. The Labute approximate surface area is 106 Å². The average Bonchev–Trinajstić information content (AvgIpc) is 2.27. The van der Waals surface area contributed by atoms with Crippen molar-refractivity contribution in [1.82, 2.24) is 4.90 Å². The van der Waals surface area contributed by atoms with Crippen molar-refractivity contribution in [2.24, 2.45) is 5.92 Å². The van der Waals surface area contributed by atoms with E-state index >= 15 is 0 Å². The highest BCUT2D eigenvalue weighted by Gasteiger charge is 2.14. The molecule has 0 amide bonds. The molecule has 0 saturated carbocycles. The van der Waals surface area contributed by atoms with E-state index in [0.29, 0.717) is 5.92 Å². The summed E-state index contributed by atoms with van der Waals surface area (Å²) in [5.74, 6) is 7.19. The first kappa shape index (κ1) is 11.7. The van der Waals surface area contributed by atoms with Crippen LogP contribution in [0.4, 0.5) is 0 Å². The van der Waals surface area contributed by atoms with Crippen LogP contribution in [0.5, 0.6) is 0 Å². The van der Waals surface area contributed by atoms with Gasteiger partial charge in [0.1, 0.15) is 0 Å². The van der Waals surface area contributed by atoms with Crippen molar-refractivity contribution in [3.8, 4) is 11.8 Å². The Kier molecular flexibility index (Phi) is 4.04. The normalized spacial score (nSPS) is 21.2. The lowest BCUT2D eigenvalue weighted by Gasteiger charge is -2.26. The third-order valence-electron chi connectivity index (χ3n) is 2.87. The monoisotopic (exact) mass is 277 g/mol. The molecular weight excluding hydrogens is 262 g/mol. The van der Waals surface area contributed by atoms with Gasteiger partial charge in [-0.3, -0.25) is 0 Å². The van der Waals surface area contributed by atoms with E-state index in [2.05, 4.69) is 51.9 Å². The van der Waals surface area contributed by atoms with Crippen LogP contribution in [-0.4, -0.2) is 25.0 Å². The van der Waals surface area contributed by atoms with Gasteiger partial charge in [0.05, 0.1) is 0 Å². The highest BCUT2D eigenvalue weighted by Crippen LogP contribution is 2.15. The zero-order chi connectivity index (χ0) is 11.4. The maximum absolute atomic E-state index is 3.46. The molecule has 0 radical (unpaired) electrons. The highest BCUT2D eigenvalue weighted by molar-refractivity contribution is 9.10. The van der Waals surface area contributed by atoms with Gasteiger partial charge in [0.15, 0.2) is 0 Å². The molecule has 1 aromatic rings. The van der Waals surface area contributed by atoms with Crippen LogP contribution < -0.4 is 0 Å². The van der Waals surface area contributed by atoms with Gasteiger partial charge >= 0.3 is 0 Å². The van der Waals surface area contributed by atoms with Gasteiger partial charge in [-0.1, -0.05) is 33.8 Å². The average molecular weight is 278 g/mol. The van der Waals surface area contributed by atoms with Crippen molar-refractivity contribution >= 4 is 15.9 Å². The number of nitrogens with zero attached hydrogens (tertiary/aromatic N) is 1. The maximum atomic E-state index is 3.46. The Bertz CT molecular complexity index is 416. The highest BCUT2D eigenvalue weighted by atomic mass is 79.9. The minimum absolute atomic E-state index is 0.540. The van der Waals surface area contributed by atoms with E-state index in [-0.39, 0.29) is 0 Å². The molecule has 1 aliphatic rings. The lowest BCUT2D eigenvalue weighted by molar-refractivity contribution is 0.242. The number of halogens is 1. The predicted octanol–water partition coefficient (Wildman–Crippen LogP) is 3.14. The molecule has 1 aromatic carbocycles. The number of piperidine rings is 1. The smallest absolute Gasteiger partial charge is 0.0334 e. The first-order valence-corrected chi connectivity index (χ1v) is 6.49. The molecule has 1 fully saturated rings. The molecule has 2 rings (SSSR count). The second kappa shape index (κ2) is 5.52. The summed E-state index contributed by atoms with van der Waals surface area (Å²) in [6.45, 7) is 2.33. The Morgan fingerprint density at radius 1 is 1.44 bits per heavy atom. The molecule has 16 heavy (non-hydrogen) atoms. The molecule has 84 valence electrons. The number of hydrogen-bond acceptors (Lipinski definition) is 1. The Morgan fingerprint density at radius 3 is 3.06 bits per heavy atom. The minimum atomic E-state index is 0.540. The first-order valence-electron chi connectivity index (χ1n) is 5.70. The van der Waals surface area contributed by atoms with Crippen LogP contribution in [0.2, 0.25) is 0 Å². The molecule has 1 nitrogen and oxygen atoms in total. The van der Waals surface area contributed by atoms with Crippen molar-refractivity contribution in [3.05, 3.63) is 34.3 Å². The van der Waals surface area contributed by atoms with Gasteiger partial charge in [0.2, 0.25) is 0 Å². The summed E-state index contributed by atoms with van der Waals surface area (Å²) in [5.41, 5.74) is 1.10. The lowest BCUT2D eigenvalue weighted by atomic mass is 9.99. The Balaban J connectivity index is 2.03. The molecular formula is C14H16BrN. The van der Waals surface area contributed by atoms with Crippen molar-refractivity contribution < 1.29 is 0 Å². The topological polar surface area (TPSA) is 3.24 Å². The van der Waals surface area contributed by atoms with Crippen LogP contribution >= 0.6 is 15.9 Å². The van der Waals surface area contributed by atoms with Gasteiger partial charge in [0, 0.05) is 22.5 Å². The Morgan fingerprint density at radius 2 is 2.31 bits per heavy atom. The van der Waals surface area contributed by atoms with E-state index in [1.807, 2.05) is 12.1 Å². The summed E-state index contributed by atoms with van der Waals surface area (Å²) < 4.78 is 1.10. The van der Waals surface area contributed by atoms with E-state index in [4.69, 9.17) is 0 Å². The zero-order valence-corrected chi connectivity index (χ0v) is 11.1. The molecule has 1 atom stereocenters. The van der Waals surface area contributed by atoms with E-state index < -0.39 is 0 Å². The van der Waals surface area contributed by atoms with E-state index in [1.54, 1.807) is 0 Å². The molecule has 1 aliphatic heterocycles. The van der Waals surface area contributed by atoms with E-state index in [1.165, 1.54) is 19.4 Å². The van der Waals surface area contributed by atoms with Gasteiger partial charge in [-0.2, -0.15) is 0 Å². The lowest BCUT2D eigenvalue weighted by Crippen LogP contribution is -2.31. The van der Waals surface area contributed by atoms with Crippen LogP contribution in [0.1, 0.15) is 18.4 Å². The zero-order valence-electron chi connectivity index (χ0n) is 9.54. The standard InChI is InChI=1S/C14H16BrN/c1-16-9-3-5-13(11-16)8-7-12-4-2-6-14(15)10-12/h2,4,6,10,13H,3,5,9,11H2,1H3. The van der Waals surface area contributed by atoms with Gasteiger partial charge in [-0.25, -0.2) is 0 Å². The molecule has 1 unspecified atom stereocenters. The van der Waals surface area contributed by atoms with Crippen LogP contribution in [0.15, 0.2) is 28.7 Å². The van der Waals surface area contributed by atoms with Crippen LogP contribution in [0, 0.1) is 17.8 Å². The first-order chi connectivity index (χ1) is 7.74. The van der Waals surface area contributed by atoms with E-state index in [9.17, 15) is 0 Å². The van der Waals surface area contributed by atoms with Gasteiger partial charge in [-0.15, -0.1) is 0 Å². The van der Waals surface area contributed by atoms with E-state index in [0.717, 1.165) is 16.6 Å². The summed E-state index contributed by atoms with van der Waals surface area (Å²) in [4.78, 5) is 2.36. The van der Waals surface area contributed by atoms with Crippen LogP contribution in [0.3, 0.4) is 0 Å². The quantitative estimate of drug-likeness (QED) is 0.659. The van der Waals surface area contributed by atoms with Crippen molar-refractivity contribution in [2.45, 2.75) is 12.8 Å². The molecule has 1 saturated heterocycles. The predicted molar refractivity (Wildman–Crippen MR) is 71.2 cm³/mol. The van der Waals surface area contributed by atoms with Crippen LogP contribution in [-0.2, 0) is 0 Å². The molecule has 0 bridgehead atoms. The minimum Gasteiger partial charge on any atom is -0.305 e. The number of likely N-dealkylation sites (tertiary alicyclic amines) is 1. The maximum Gasteiger partial charge on any atom is 0.0334 e. The molecule has 2 heteroatoms. The SMILES string of the molecule is CN1CCCC(C#Cc2cccc(Br)c2)C1. The van der Waals surface area contributed by atoms with Gasteiger partial charge < -0.3 is 4.90 Å². The Hall–Kier alpha value is -0.780. The fourth-order valence-electron chi connectivity index (χ4n) is 2.04. The van der Waals surface area contributed by atoms with Crippen molar-refractivity contribution in [3.63, 3.8) is 0 Å². The third-order valence-corrected chi connectivity index (χ3v) is 3.36. The van der Waals surface area contributed by atoms with Crippen molar-refractivity contribution in [1.29, 1.82) is 0 Å². The molecule has 0 aromatic heterocycles. The third kappa shape index (κ3) is 3.37. The van der Waals surface area contributed by atoms with Crippen molar-refractivity contribution in [2.75, 3.05) is 20.1 Å². The number of hydrogen-bond donors (Lipinski definition) is 0. The summed E-state index contributed by atoms with van der Waals surface area (Å²) >= 11 is 3.46. The second-order valence-corrected chi connectivity index (χ2v) is 5.30. The fourth-order valence-corrected chi connectivity index (χ4v) is 2.44. The summed E-state index contributed by atoms with van der Waals surface area (Å²) in [6, 6.07) is 8.19.